The zero-order valence-electron chi connectivity index (χ0n) is 7.70. The van der Waals surface area contributed by atoms with Crippen molar-refractivity contribution in [3.05, 3.63) is 12.7 Å². The van der Waals surface area contributed by atoms with Crippen LogP contribution in [0.1, 0.15) is 6.42 Å². The second-order valence-electron chi connectivity index (χ2n) is 2.83. The van der Waals surface area contributed by atoms with Gasteiger partial charge in [-0.15, -0.1) is 19.0 Å². The summed E-state index contributed by atoms with van der Waals surface area (Å²) in [6.45, 7) is 2.92. The molecule has 0 saturated carbocycles. The predicted molar refractivity (Wildman–Crippen MR) is 46.0 cm³/mol. The molecule has 0 heterocycles. The molecular formula is C7H9ClF7N. The van der Waals surface area contributed by atoms with Crippen LogP contribution < -0.4 is 5.73 Å². The van der Waals surface area contributed by atoms with Gasteiger partial charge >= 0.3 is 18.0 Å². The van der Waals surface area contributed by atoms with Crippen LogP contribution >= 0.6 is 12.4 Å². The summed E-state index contributed by atoms with van der Waals surface area (Å²) >= 11 is 0. The SMILES string of the molecule is C=CC[C@H](N)C(F)(F)C(F)(F)C(F)(F)F.Cl. The van der Waals surface area contributed by atoms with Crippen LogP contribution in [0.2, 0.25) is 0 Å². The van der Waals surface area contributed by atoms with E-state index in [-0.39, 0.29) is 12.4 Å². The molecule has 98 valence electrons. The van der Waals surface area contributed by atoms with Crippen LogP contribution in [-0.4, -0.2) is 24.1 Å². The Bertz CT molecular complexity index is 237. The Morgan fingerprint density at radius 3 is 1.69 bits per heavy atom. The summed E-state index contributed by atoms with van der Waals surface area (Å²) in [6.07, 6.45) is -6.45. The molecule has 0 rings (SSSR count). The summed E-state index contributed by atoms with van der Waals surface area (Å²) in [5, 5.41) is 0. The molecular weight excluding hydrogens is 267 g/mol. The maximum absolute atomic E-state index is 12.6. The molecule has 0 aliphatic carbocycles. The van der Waals surface area contributed by atoms with Gasteiger partial charge in [-0.2, -0.15) is 30.7 Å². The Morgan fingerprint density at radius 2 is 1.44 bits per heavy atom. The maximum atomic E-state index is 12.6. The van der Waals surface area contributed by atoms with Crippen LogP contribution in [0.3, 0.4) is 0 Å². The molecule has 0 aromatic rings. The highest BCUT2D eigenvalue weighted by Crippen LogP contribution is 2.48. The van der Waals surface area contributed by atoms with E-state index >= 15 is 0 Å². The summed E-state index contributed by atoms with van der Waals surface area (Å²) in [5.74, 6) is -11.5. The van der Waals surface area contributed by atoms with E-state index in [1.54, 1.807) is 0 Å². The van der Waals surface area contributed by atoms with Crippen molar-refractivity contribution in [3.8, 4) is 0 Å². The fraction of sp³-hybridized carbons (Fsp3) is 0.714. The second-order valence-corrected chi connectivity index (χ2v) is 2.83. The highest BCUT2D eigenvalue weighted by atomic mass is 35.5. The Kier molecular flexibility index (Phi) is 5.83. The average Bonchev–Trinajstić information content (AvgIpc) is 2.02. The Balaban J connectivity index is 0. The number of hydrogen-bond acceptors (Lipinski definition) is 1. The number of alkyl halides is 7. The number of rotatable bonds is 4. The third kappa shape index (κ3) is 3.00. The largest absolute Gasteiger partial charge is 0.459 e. The second kappa shape index (κ2) is 5.22. The van der Waals surface area contributed by atoms with E-state index in [1.165, 1.54) is 0 Å². The van der Waals surface area contributed by atoms with Gasteiger partial charge in [0.2, 0.25) is 0 Å². The quantitative estimate of drug-likeness (QED) is 0.619. The summed E-state index contributed by atoms with van der Waals surface area (Å²) in [4.78, 5) is 0. The van der Waals surface area contributed by atoms with Gasteiger partial charge in [-0.1, -0.05) is 6.08 Å². The summed E-state index contributed by atoms with van der Waals surface area (Å²) in [5.41, 5.74) is 4.54. The van der Waals surface area contributed by atoms with Gasteiger partial charge in [-0.25, -0.2) is 0 Å². The molecule has 0 fully saturated rings. The molecule has 1 nitrogen and oxygen atoms in total. The first-order valence-corrected chi connectivity index (χ1v) is 3.67. The normalized spacial score (nSPS) is 15.2. The van der Waals surface area contributed by atoms with Crippen molar-refractivity contribution in [3.63, 3.8) is 0 Å². The lowest BCUT2D eigenvalue weighted by molar-refractivity contribution is -0.358. The van der Waals surface area contributed by atoms with E-state index in [9.17, 15) is 30.7 Å². The monoisotopic (exact) mass is 275 g/mol. The van der Waals surface area contributed by atoms with Gasteiger partial charge in [0, 0.05) is 0 Å². The van der Waals surface area contributed by atoms with Crippen LogP contribution in [0, 0.1) is 0 Å². The van der Waals surface area contributed by atoms with Crippen LogP contribution in [0.15, 0.2) is 12.7 Å². The number of nitrogens with two attached hydrogens (primary N) is 1. The van der Waals surface area contributed by atoms with Gasteiger partial charge in [0.25, 0.3) is 0 Å². The first kappa shape index (κ1) is 17.9. The van der Waals surface area contributed by atoms with Crippen molar-refractivity contribution in [1.29, 1.82) is 0 Å². The van der Waals surface area contributed by atoms with Gasteiger partial charge in [0.05, 0.1) is 6.04 Å². The third-order valence-electron chi connectivity index (χ3n) is 1.66. The van der Waals surface area contributed by atoms with E-state index in [4.69, 9.17) is 0 Å². The lowest BCUT2D eigenvalue weighted by Crippen LogP contribution is -2.60. The zero-order chi connectivity index (χ0) is 12.5. The van der Waals surface area contributed by atoms with Crippen molar-refractivity contribution >= 4 is 12.4 Å². The molecule has 0 aliphatic heterocycles. The molecule has 0 aromatic heterocycles. The molecule has 16 heavy (non-hydrogen) atoms. The topological polar surface area (TPSA) is 26.0 Å². The highest BCUT2D eigenvalue weighted by Gasteiger charge is 2.74. The summed E-state index contributed by atoms with van der Waals surface area (Å²) in [7, 11) is 0. The predicted octanol–water partition coefficient (Wildman–Crippen LogP) is 3.14. The molecule has 0 spiro atoms. The standard InChI is InChI=1S/C7H8F7N.ClH/c1-2-3-4(15)5(8,9)6(10,11)7(12,13)14;/h2,4H,1,3,15H2;1H/t4-;/m0./s1. The molecule has 0 amide bonds. The molecule has 9 heteroatoms. The highest BCUT2D eigenvalue weighted by molar-refractivity contribution is 5.85. The van der Waals surface area contributed by atoms with E-state index in [0.29, 0.717) is 0 Å². The minimum Gasteiger partial charge on any atom is -0.322 e. The number of hydrogen-bond donors (Lipinski definition) is 1. The Morgan fingerprint density at radius 1 is 1.06 bits per heavy atom. The van der Waals surface area contributed by atoms with Crippen LogP contribution in [0.4, 0.5) is 30.7 Å². The molecule has 0 saturated heterocycles. The van der Waals surface area contributed by atoms with Crippen LogP contribution in [-0.2, 0) is 0 Å². The zero-order valence-corrected chi connectivity index (χ0v) is 8.52. The van der Waals surface area contributed by atoms with Gasteiger partial charge in [-0.05, 0) is 6.42 Å². The fourth-order valence-corrected chi connectivity index (χ4v) is 0.749. The molecule has 1 atom stereocenters. The van der Waals surface area contributed by atoms with Gasteiger partial charge in [0.15, 0.2) is 0 Å². The molecule has 0 unspecified atom stereocenters. The first-order chi connectivity index (χ1) is 6.48. The van der Waals surface area contributed by atoms with E-state index in [0.717, 1.165) is 6.08 Å². The van der Waals surface area contributed by atoms with Crippen molar-refractivity contribution in [1.82, 2.24) is 0 Å². The van der Waals surface area contributed by atoms with Crippen LogP contribution in [0.5, 0.6) is 0 Å². The van der Waals surface area contributed by atoms with Gasteiger partial charge in [-0.3, -0.25) is 0 Å². The minimum atomic E-state index is -6.34. The molecule has 0 aliphatic rings. The van der Waals surface area contributed by atoms with Gasteiger partial charge in [0.1, 0.15) is 0 Å². The Labute approximate surface area is 92.9 Å². The molecule has 0 aromatic carbocycles. The average molecular weight is 276 g/mol. The Hall–Kier alpha value is -0.500. The lowest BCUT2D eigenvalue weighted by Gasteiger charge is -2.31. The summed E-state index contributed by atoms with van der Waals surface area (Å²) in [6, 6.07) is -2.63. The third-order valence-corrected chi connectivity index (χ3v) is 1.66. The fourth-order valence-electron chi connectivity index (χ4n) is 0.749. The van der Waals surface area contributed by atoms with Crippen molar-refractivity contribution < 1.29 is 30.7 Å². The number of halogens is 8. The van der Waals surface area contributed by atoms with E-state index < -0.39 is 30.5 Å². The van der Waals surface area contributed by atoms with Gasteiger partial charge < -0.3 is 5.73 Å². The van der Waals surface area contributed by atoms with Crippen molar-refractivity contribution in [2.45, 2.75) is 30.5 Å². The minimum absolute atomic E-state index is 0. The van der Waals surface area contributed by atoms with Crippen molar-refractivity contribution in [2.24, 2.45) is 5.73 Å². The smallest absolute Gasteiger partial charge is 0.322 e. The van der Waals surface area contributed by atoms with Crippen molar-refractivity contribution in [2.75, 3.05) is 0 Å². The van der Waals surface area contributed by atoms with Crippen LogP contribution in [0.25, 0.3) is 0 Å². The van der Waals surface area contributed by atoms with E-state index in [1.807, 2.05) is 0 Å². The lowest BCUT2D eigenvalue weighted by atomic mass is 10.0. The molecule has 0 radical (unpaired) electrons. The molecule has 0 bridgehead atoms. The maximum Gasteiger partial charge on any atom is 0.459 e. The first-order valence-electron chi connectivity index (χ1n) is 3.67. The summed E-state index contributed by atoms with van der Waals surface area (Å²) < 4.78 is 84.7. The van der Waals surface area contributed by atoms with E-state index in [2.05, 4.69) is 12.3 Å². The molecule has 2 N–H and O–H groups in total.